The molecule has 0 aromatic carbocycles. The predicted octanol–water partition coefficient (Wildman–Crippen LogP) is 2.87. The van der Waals surface area contributed by atoms with Crippen LogP contribution < -0.4 is 0 Å². The number of aliphatic hydroxyl groups excluding tert-OH is 1. The van der Waals surface area contributed by atoms with E-state index in [-0.39, 0.29) is 19.6 Å². The van der Waals surface area contributed by atoms with E-state index in [2.05, 4.69) is 11.8 Å². The number of likely N-dealkylation sites (tertiary alicyclic amines) is 1. The smallest absolute Gasteiger partial charge is 0.384 e. The van der Waals surface area contributed by atoms with Crippen molar-refractivity contribution in [3.05, 3.63) is 21.9 Å². The van der Waals surface area contributed by atoms with Crippen molar-refractivity contribution in [2.75, 3.05) is 19.7 Å². The molecule has 1 fully saturated rings. The summed E-state index contributed by atoms with van der Waals surface area (Å²) in [5, 5.41) is 10.5. The van der Waals surface area contributed by atoms with Gasteiger partial charge in [0, 0.05) is 28.9 Å². The molecule has 1 aromatic heterocycles. The summed E-state index contributed by atoms with van der Waals surface area (Å²) in [5.74, 6) is 4.15. The zero-order valence-electron chi connectivity index (χ0n) is 10.9. The van der Waals surface area contributed by atoms with Crippen molar-refractivity contribution in [3.8, 4) is 11.8 Å². The molecule has 1 aromatic rings. The molecule has 20 heavy (non-hydrogen) atoms. The fraction of sp³-hybridized carbons (Fsp3) is 0.571. The van der Waals surface area contributed by atoms with Gasteiger partial charge in [-0.2, -0.15) is 13.2 Å². The first-order valence-corrected chi connectivity index (χ1v) is 7.33. The maximum Gasteiger partial charge on any atom is 0.393 e. The van der Waals surface area contributed by atoms with E-state index in [1.807, 2.05) is 16.3 Å². The molecular weight excluding hydrogens is 287 g/mol. The quantitative estimate of drug-likeness (QED) is 0.849. The standard InChI is InChI=1S/C14H16F3NOS/c15-14(16,17)12-4-1-5-18(8-12)9-13-7-11(10-20-13)3-2-6-19/h7,10,12,19H,1,4-6,8-9H2. The molecule has 0 radical (unpaired) electrons. The second-order valence-corrected chi connectivity index (χ2v) is 5.87. The number of halogens is 3. The molecule has 1 aliphatic heterocycles. The van der Waals surface area contributed by atoms with Crippen LogP contribution in [0.2, 0.25) is 0 Å². The summed E-state index contributed by atoms with van der Waals surface area (Å²) < 4.78 is 38.2. The van der Waals surface area contributed by atoms with E-state index in [0.717, 1.165) is 10.4 Å². The molecule has 0 bridgehead atoms. The van der Waals surface area contributed by atoms with E-state index in [4.69, 9.17) is 5.11 Å². The highest BCUT2D eigenvalue weighted by atomic mass is 32.1. The average Bonchev–Trinajstić information content (AvgIpc) is 2.83. The highest BCUT2D eigenvalue weighted by Crippen LogP contribution is 2.33. The minimum Gasteiger partial charge on any atom is -0.384 e. The van der Waals surface area contributed by atoms with Gasteiger partial charge in [-0.25, -0.2) is 0 Å². The number of aliphatic hydroxyl groups is 1. The molecule has 110 valence electrons. The second kappa shape index (κ2) is 6.61. The maximum atomic E-state index is 12.7. The third kappa shape index (κ3) is 4.23. The van der Waals surface area contributed by atoms with Crippen LogP contribution in [-0.4, -0.2) is 35.9 Å². The van der Waals surface area contributed by atoms with E-state index in [0.29, 0.717) is 19.5 Å². The van der Waals surface area contributed by atoms with E-state index >= 15 is 0 Å². The molecule has 2 nitrogen and oxygen atoms in total. The van der Waals surface area contributed by atoms with Gasteiger partial charge in [-0.3, -0.25) is 4.90 Å². The summed E-state index contributed by atoms with van der Waals surface area (Å²) in [6.45, 7) is 1.14. The fourth-order valence-electron chi connectivity index (χ4n) is 2.36. The zero-order valence-corrected chi connectivity index (χ0v) is 11.7. The highest BCUT2D eigenvalue weighted by molar-refractivity contribution is 7.10. The van der Waals surface area contributed by atoms with E-state index in [9.17, 15) is 13.2 Å². The Bertz CT molecular complexity index is 500. The summed E-state index contributed by atoms with van der Waals surface area (Å²) in [4.78, 5) is 2.87. The van der Waals surface area contributed by atoms with E-state index in [1.54, 1.807) is 0 Å². The molecule has 1 aliphatic rings. The Kier molecular flexibility index (Phi) is 5.08. The molecule has 0 spiro atoms. The minimum atomic E-state index is -4.09. The van der Waals surface area contributed by atoms with Gasteiger partial charge in [0.15, 0.2) is 0 Å². The molecular formula is C14H16F3NOS. The van der Waals surface area contributed by atoms with Gasteiger partial charge in [-0.05, 0) is 25.5 Å². The van der Waals surface area contributed by atoms with Crippen LogP contribution in [0.4, 0.5) is 13.2 Å². The summed E-state index contributed by atoms with van der Waals surface area (Å²) >= 11 is 1.50. The van der Waals surface area contributed by atoms with Crippen molar-refractivity contribution < 1.29 is 18.3 Å². The van der Waals surface area contributed by atoms with Crippen LogP contribution >= 0.6 is 11.3 Å². The lowest BCUT2D eigenvalue weighted by Gasteiger charge is -2.33. The Morgan fingerprint density at radius 1 is 1.45 bits per heavy atom. The Morgan fingerprint density at radius 2 is 2.25 bits per heavy atom. The number of thiophene rings is 1. The first-order chi connectivity index (χ1) is 9.49. The van der Waals surface area contributed by atoms with Crippen molar-refractivity contribution >= 4 is 11.3 Å². The number of piperidine rings is 1. The first kappa shape index (κ1) is 15.4. The molecule has 6 heteroatoms. The Hall–Kier alpha value is -1.03. The summed E-state index contributed by atoms with van der Waals surface area (Å²) in [7, 11) is 0. The van der Waals surface area contributed by atoms with Gasteiger partial charge in [0.2, 0.25) is 0 Å². The molecule has 1 unspecified atom stereocenters. The third-order valence-corrected chi connectivity index (χ3v) is 4.23. The summed E-state index contributed by atoms with van der Waals surface area (Å²) in [5.41, 5.74) is 0.809. The van der Waals surface area contributed by atoms with Crippen molar-refractivity contribution in [1.29, 1.82) is 0 Å². The van der Waals surface area contributed by atoms with Gasteiger partial charge in [-0.15, -0.1) is 11.3 Å². The van der Waals surface area contributed by atoms with Crippen LogP contribution in [-0.2, 0) is 6.54 Å². The van der Waals surface area contributed by atoms with Crippen LogP contribution in [0.5, 0.6) is 0 Å². The van der Waals surface area contributed by atoms with Crippen molar-refractivity contribution in [2.45, 2.75) is 25.6 Å². The van der Waals surface area contributed by atoms with Crippen LogP contribution in [0.3, 0.4) is 0 Å². The zero-order chi connectivity index (χ0) is 14.6. The lowest BCUT2D eigenvalue weighted by Crippen LogP contribution is -2.41. The summed E-state index contributed by atoms with van der Waals surface area (Å²) in [6, 6.07) is 1.88. The monoisotopic (exact) mass is 303 g/mol. The molecule has 0 amide bonds. The van der Waals surface area contributed by atoms with Gasteiger partial charge in [0.1, 0.15) is 6.61 Å². The number of nitrogens with zero attached hydrogens (tertiary/aromatic N) is 1. The summed E-state index contributed by atoms with van der Waals surface area (Å²) in [6.07, 6.45) is -3.27. The lowest BCUT2D eigenvalue weighted by atomic mass is 9.97. The number of rotatable bonds is 2. The first-order valence-electron chi connectivity index (χ1n) is 6.45. The maximum absolute atomic E-state index is 12.7. The van der Waals surface area contributed by atoms with Gasteiger partial charge >= 0.3 is 6.18 Å². The topological polar surface area (TPSA) is 23.5 Å². The van der Waals surface area contributed by atoms with Gasteiger partial charge in [0.25, 0.3) is 0 Å². The van der Waals surface area contributed by atoms with Crippen molar-refractivity contribution in [3.63, 3.8) is 0 Å². The van der Waals surface area contributed by atoms with Gasteiger partial charge < -0.3 is 5.11 Å². The predicted molar refractivity (Wildman–Crippen MR) is 72.3 cm³/mol. The van der Waals surface area contributed by atoms with Crippen LogP contribution in [0.15, 0.2) is 11.4 Å². The highest BCUT2D eigenvalue weighted by Gasteiger charge is 2.41. The van der Waals surface area contributed by atoms with E-state index in [1.165, 1.54) is 11.3 Å². The molecule has 0 aliphatic carbocycles. The average molecular weight is 303 g/mol. The van der Waals surface area contributed by atoms with Crippen molar-refractivity contribution in [1.82, 2.24) is 4.90 Å². The van der Waals surface area contributed by atoms with Gasteiger partial charge in [0.05, 0.1) is 5.92 Å². The Morgan fingerprint density at radius 3 is 2.95 bits per heavy atom. The van der Waals surface area contributed by atoms with Crippen LogP contribution in [0, 0.1) is 17.8 Å². The number of hydrogen-bond acceptors (Lipinski definition) is 3. The van der Waals surface area contributed by atoms with Crippen LogP contribution in [0.25, 0.3) is 0 Å². The molecule has 1 atom stereocenters. The third-order valence-electron chi connectivity index (χ3n) is 3.31. The van der Waals surface area contributed by atoms with Crippen molar-refractivity contribution in [2.24, 2.45) is 5.92 Å². The molecule has 1 N–H and O–H groups in total. The minimum absolute atomic E-state index is 0.0824. The van der Waals surface area contributed by atoms with Crippen LogP contribution in [0.1, 0.15) is 23.3 Å². The van der Waals surface area contributed by atoms with E-state index < -0.39 is 12.1 Å². The molecule has 1 saturated heterocycles. The largest absolute Gasteiger partial charge is 0.393 e. The SMILES string of the molecule is OCC#Cc1csc(CN2CCCC(C(F)(F)F)C2)c1. The lowest BCUT2D eigenvalue weighted by molar-refractivity contribution is -0.187. The Balaban J connectivity index is 1.94. The molecule has 2 heterocycles. The second-order valence-electron chi connectivity index (χ2n) is 4.88. The number of alkyl halides is 3. The number of hydrogen-bond donors (Lipinski definition) is 1. The normalized spacial score (nSPS) is 20.5. The van der Waals surface area contributed by atoms with Gasteiger partial charge in [-0.1, -0.05) is 11.8 Å². The fourth-order valence-corrected chi connectivity index (χ4v) is 3.21. The molecule has 2 rings (SSSR count). The molecule has 0 saturated carbocycles. The Labute approximate surface area is 120 Å².